The van der Waals surface area contributed by atoms with Crippen LogP contribution in [0.4, 0.5) is 11.6 Å². The minimum Gasteiger partial charge on any atom is -0.383 e. The fraction of sp³-hybridized carbons (Fsp3) is 0.692. The fourth-order valence-electron chi connectivity index (χ4n) is 1.84. The molecule has 18 heavy (non-hydrogen) atoms. The Morgan fingerprint density at radius 1 is 1.33 bits per heavy atom. The van der Waals surface area contributed by atoms with Crippen molar-refractivity contribution >= 4 is 23.4 Å². The quantitative estimate of drug-likeness (QED) is 0.467. The molecule has 0 unspecified atom stereocenters. The second-order valence-electron chi connectivity index (χ2n) is 4.63. The molecule has 0 aliphatic carbocycles. The molecule has 0 saturated heterocycles. The molecule has 1 heterocycles. The van der Waals surface area contributed by atoms with Crippen LogP contribution >= 0.6 is 11.8 Å². The van der Waals surface area contributed by atoms with Crippen LogP contribution in [0.15, 0.2) is 11.2 Å². The predicted molar refractivity (Wildman–Crippen MR) is 80.2 cm³/mol. The van der Waals surface area contributed by atoms with Gasteiger partial charge in [-0.2, -0.15) is 0 Å². The SMILES string of the molecule is CCCCCN(c1cc(N)nc(SC)n1)C(C)C. The van der Waals surface area contributed by atoms with Gasteiger partial charge in [0.1, 0.15) is 11.6 Å². The molecule has 0 atom stereocenters. The Labute approximate surface area is 114 Å². The van der Waals surface area contributed by atoms with Gasteiger partial charge < -0.3 is 10.6 Å². The molecule has 0 saturated carbocycles. The molecule has 1 rings (SSSR count). The van der Waals surface area contributed by atoms with Gasteiger partial charge in [-0.05, 0) is 26.5 Å². The molecular weight excluding hydrogens is 244 g/mol. The molecule has 0 aromatic carbocycles. The highest BCUT2D eigenvalue weighted by atomic mass is 32.2. The molecule has 1 aromatic rings. The van der Waals surface area contributed by atoms with Crippen molar-refractivity contribution in [2.45, 2.75) is 51.2 Å². The van der Waals surface area contributed by atoms with Crippen LogP contribution in [0.1, 0.15) is 40.0 Å². The number of hydrogen-bond donors (Lipinski definition) is 1. The van der Waals surface area contributed by atoms with Crippen molar-refractivity contribution in [3.63, 3.8) is 0 Å². The van der Waals surface area contributed by atoms with Crippen molar-refractivity contribution in [1.29, 1.82) is 0 Å². The standard InChI is InChI=1S/C13H24N4S/c1-5-6-7-8-17(10(2)3)12-9-11(14)15-13(16-12)18-4/h9-10H,5-8H2,1-4H3,(H2,14,15,16). The van der Waals surface area contributed by atoms with Crippen molar-refractivity contribution in [2.75, 3.05) is 23.4 Å². The molecule has 102 valence electrons. The van der Waals surface area contributed by atoms with Crippen LogP contribution in [0.5, 0.6) is 0 Å². The van der Waals surface area contributed by atoms with Crippen molar-refractivity contribution < 1.29 is 0 Å². The average Bonchev–Trinajstić information content (AvgIpc) is 2.33. The topological polar surface area (TPSA) is 55.0 Å². The summed E-state index contributed by atoms with van der Waals surface area (Å²) in [5.41, 5.74) is 5.84. The van der Waals surface area contributed by atoms with Crippen LogP contribution in [0, 0.1) is 0 Å². The maximum Gasteiger partial charge on any atom is 0.191 e. The largest absolute Gasteiger partial charge is 0.383 e. The first-order valence-electron chi connectivity index (χ1n) is 6.53. The summed E-state index contributed by atoms with van der Waals surface area (Å²) in [4.78, 5) is 11.0. The molecule has 4 nitrogen and oxygen atoms in total. The number of aromatic nitrogens is 2. The fourth-order valence-corrected chi connectivity index (χ4v) is 2.22. The summed E-state index contributed by atoms with van der Waals surface area (Å²) in [6.07, 6.45) is 5.63. The highest BCUT2D eigenvalue weighted by Gasteiger charge is 2.13. The lowest BCUT2D eigenvalue weighted by Crippen LogP contribution is -2.32. The molecule has 1 aromatic heterocycles. The van der Waals surface area contributed by atoms with Crippen molar-refractivity contribution in [1.82, 2.24) is 9.97 Å². The van der Waals surface area contributed by atoms with E-state index in [0.29, 0.717) is 11.9 Å². The molecule has 0 spiro atoms. The Kier molecular flexibility index (Phi) is 6.25. The molecular formula is C13H24N4S. The van der Waals surface area contributed by atoms with Gasteiger partial charge in [-0.25, -0.2) is 9.97 Å². The summed E-state index contributed by atoms with van der Waals surface area (Å²) >= 11 is 1.53. The van der Waals surface area contributed by atoms with Gasteiger partial charge in [0, 0.05) is 18.7 Å². The lowest BCUT2D eigenvalue weighted by Gasteiger charge is -2.28. The number of nitrogen functional groups attached to an aromatic ring is 1. The van der Waals surface area contributed by atoms with E-state index in [1.165, 1.54) is 31.0 Å². The maximum absolute atomic E-state index is 5.84. The Hall–Kier alpha value is -0.970. The highest BCUT2D eigenvalue weighted by Crippen LogP contribution is 2.21. The van der Waals surface area contributed by atoms with Gasteiger partial charge in [0.2, 0.25) is 0 Å². The zero-order chi connectivity index (χ0) is 13.5. The van der Waals surface area contributed by atoms with Crippen LogP contribution < -0.4 is 10.6 Å². The van der Waals surface area contributed by atoms with E-state index in [9.17, 15) is 0 Å². The third kappa shape index (κ3) is 4.37. The van der Waals surface area contributed by atoms with E-state index in [-0.39, 0.29) is 0 Å². The Morgan fingerprint density at radius 3 is 2.61 bits per heavy atom. The van der Waals surface area contributed by atoms with Crippen molar-refractivity contribution in [3.05, 3.63) is 6.07 Å². The van der Waals surface area contributed by atoms with Crippen LogP contribution in [0.3, 0.4) is 0 Å². The Balaban J connectivity index is 2.87. The molecule has 5 heteroatoms. The molecule has 0 radical (unpaired) electrons. The van der Waals surface area contributed by atoms with Gasteiger partial charge in [0.05, 0.1) is 0 Å². The van der Waals surface area contributed by atoms with Crippen molar-refractivity contribution in [3.8, 4) is 0 Å². The zero-order valence-electron chi connectivity index (χ0n) is 11.8. The van der Waals surface area contributed by atoms with Crippen LogP contribution in [-0.2, 0) is 0 Å². The molecule has 0 aliphatic heterocycles. The first-order chi connectivity index (χ1) is 8.58. The Bertz CT molecular complexity index is 368. The molecule has 0 fully saturated rings. The normalized spacial score (nSPS) is 10.9. The first-order valence-corrected chi connectivity index (χ1v) is 7.76. The maximum atomic E-state index is 5.84. The van der Waals surface area contributed by atoms with E-state index in [4.69, 9.17) is 5.73 Å². The number of anilines is 2. The Morgan fingerprint density at radius 2 is 2.06 bits per heavy atom. The van der Waals surface area contributed by atoms with E-state index in [0.717, 1.165) is 17.5 Å². The average molecular weight is 268 g/mol. The number of thioether (sulfide) groups is 1. The third-order valence-electron chi connectivity index (χ3n) is 2.81. The summed E-state index contributed by atoms with van der Waals surface area (Å²) in [6.45, 7) is 7.61. The summed E-state index contributed by atoms with van der Waals surface area (Å²) in [5.74, 6) is 1.49. The summed E-state index contributed by atoms with van der Waals surface area (Å²) in [6, 6.07) is 2.29. The van der Waals surface area contributed by atoms with Gasteiger partial charge in [-0.3, -0.25) is 0 Å². The molecule has 0 aliphatic rings. The smallest absolute Gasteiger partial charge is 0.191 e. The number of rotatable bonds is 7. The zero-order valence-corrected chi connectivity index (χ0v) is 12.6. The summed E-state index contributed by atoms with van der Waals surface area (Å²) < 4.78 is 0. The summed E-state index contributed by atoms with van der Waals surface area (Å²) in [7, 11) is 0. The molecule has 0 amide bonds. The minimum atomic E-state index is 0.422. The van der Waals surface area contributed by atoms with Gasteiger partial charge in [0.25, 0.3) is 0 Å². The second kappa shape index (κ2) is 7.46. The van der Waals surface area contributed by atoms with Gasteiger partial charge in [0.15, 0.2) is 5.16 Å². The monoisotopic (exact) mass is 268 g/mol. The number of unbranched alkanes of at least 4 members (excludes halogenated alkanes) is 2. The third-order valence-corrected chi connectivity index (χ3v) is 3.36. The number of nitrogens with two attached hydrogens (primary N) is 1. The van der Waals surface area contributed by atoms with Gasteiger partial charge in [-0.1, -0.05) is 31.5 Å². The van der Waals surface area contributed by atoms with E-state index in [2.05, 4.69) is 35.6 Å². The number of hydrogen-bond acceptors (Lipinski definition) is 5. The van der Waals surface area contributed by atoms with E-state index < -0.39 is 0 Å². The van der Waals surface area contributed by atoms with Crippen LogP contribution in [-0.4, -0.2) is 28.8 Å². The minimum absolute atomic E-state index is 0.422. The van der Waals surface area contributed by atoms with Crippen LogP contribution in [0.2, 0.25) is 0 Å². The molecule has 0 bridgehead atoms. The van der Waals surface area contributed by atoms with Gasteiger partial charge >= 0.3 is 0 Å². The highest BCUT2D eigenvalue weighted by molar-refractivity contribution is 7.98. The number of nitrogens with zero attached hydrogens (tertiary/aromatic N) is 3. The summed E-state index contributed by atoms with van der Waals surface area (Å²) in [5, 5.41) is 0.742. The molecule has 2 N–H and O–H groups in total. The van der Waals surface area contributed by atoms with Crippen LogP contribution in [0.25, 0.3) is 0 Å². The lowest BCUT2D eigenvalue weighted by molar-refractivity contribution is 0.616. The van der Waals surface area contributed by atoms with E-state index >= 15 is 0 Å². The van der Waals surface area contributed by atoms with Gasteiger partial charge in [-0.15, -0.1) is 0 Å². The second-order valence-corrected chi connectivity index (χ2v) is 5.41. The first kappa shape index (κ1) is 15.1. The lowest BCUT2D eigenvalue weighted by atomic mass is 10.2. The van der Waals surface area contributed by atoms with E-state index in [1.807, 2.05) is 12.3 Å². The van der Waals surface area contributed by atoms with Crippen molar-refractivity contribution in [2.24, 2.45) is 0 Å². The predicted octanol–water partition coefficient (Wildman–Crippen LogP) is 3.19. The van der Waals surface area contributed by atoms with E-state index in [1.54, 1.807) is 0 Å².